The van der Waals surface area contributed by atoms with Gasteiger partial charge in [0.05, 0.1) is 23.7 Å². The molecule has 0 aromatic heterocycles. The monoisotopic (exact) mass is 413 g/mol. The summed E-state index contributed by atoms with van der Waals surface area (Å²) >= 11 is 0. The predicted octanol–water partition coefficient (Wildman–Crippen LogP) is 2.98. The van der Waals surface area contributed by atoms with Crippen LogP contribution in [0, 0.1) is 6.92 Å². The van der Waals surface area contributed by atoms with Crippen molar-refractivity contribution in [1.29, 1.82) is 0 Å². The second-order valence-electron chi connectivity index (χ2n) is 6.89. The largest absolute Gasteiger partial charge is 0.396 e. The summed E-state index contributed by atoms with van der Waals surface area (Å²) in [5.74, 6) is 0.848. The molecule has 0 heterocycles. The van der Waals surface area contributed by atoms with Crippen LogP contribution in [0.3, 0.4) is 0 Å². The van der Waals surface area contributed by atoms with Crippen molar-refractivity contribution in [2.75, 3.05) is 33.3 Å². The molecule has 166 valence electrons. The molecule has 0 spiro atoms. The summed E-state index contributed by atoms with van der Waals surface area (Å²) in [7, 11) is 1.86. The van der Waals surface area contributed by atoms with E-state index in [4.69, 9.17) is 0 Å². The van der Waals surface area contributed by atoms with Crippen molar-refractivity contribution in [1.82, 2.24) is 21.3 Å². The summed E-state index contributed by atoms with van der Waals surface area (Å²) in [6.07, 6.45) is 5.82. The zero-order chi connectivity index (χ0) is 22.2. The lowest BCUT2D eigenvalue weighted by atomic mass is 10.1. The Kier molecular flexibility index (Phi) is 12.8. The molecule has 30 heavy (non-hydrogen) atoms. The Morgan fingerprint density at radius 1 is 1.17 bits per heavy atom. The smallest absolute Gasteiger partial charge is 0.125 e. The molecule has 0 aliphatic heterocycles. The lowest BCUT2D eigenvalue weighted by molar-refractivity contribution is 0.287. The van der Waals surface area contributed by atoms with Gasteiger partial charge in [0.1, 0.15) is 5.82 Å². The van der Waals surface area contributed by atoms with E-state index in [9.17, 15) is 5.11 Å². The molecule has 1 rings (SSSR count). The fourth-order valence-corrected chi connectivity index (χ4v) is 2.80. The molecule has 0 fully saturated rings. The molecule has 0 aliphatic carbocycles. The number of allylic oxidation sites excluding steroid dienone is 1. The van der Waals surface area contributed by atoms with Crippen LogP contribution >= 0.6 is 0 Å². The molecule has 0 aliphatic rings. The van der Waals surface area contributed by atoms with Crippen LogP contribution in [-0.2, 0) is 6.54 Å². The minimum absolute atomic E-state index is 0.142. The molecular weight excluding hydrogens is 374 g/mol. The Labute approximate surface area is 182 Å². The molecule has 6 nitrogen and oxygen atoms in total. The van der Waals surface area contributed by atoms with E-state index in [2.05, 4.69) is 71.0 Å². The van der Waals surface area contributed by atoms with Crippen LogP contribution in [0.25, 0.3) is 0 Å². The maximum absolute atomic E-state index is 9.19. The zero-order valence-electron chi connectivity index (χ0n) is 19.0. The number of benzene rings is 1. The van der Waals surface area contributed by atoms with Crippen molar-refractivity contribution in [2.24, 2.45) is 4.99 Å². The highest BCUT2D eigenvalue weighted by Gasteiger charge is 2.11. The molecule has 0 radical (unpaired) electrons. The Bertz CT molecular complexity index is 737. The standard InChI is InChI=1S/C24H39N5O/c1-6-8-14-22(26-7-2)18-28-23(20(4)25-5)24(27-15-11-16-30)29-17-21-13-10-9-12-19(21)3/h8-10,12-14,25,27-30H,4,6-7,11,15-18H2,1-3,5H3/b14-8-,24-23-,26-22?. The number of nitrogens with zero attached hydrogens (tertiary/aromatic N) is 1. The number of hydrogen-bond donors (Lipinski definition) is 5. The number of aliphatic hydroxyl groups is 1. The Balaban J connectivity index is 3.11. The first kappa shape index (κ1) is 25.3. The van der Waals surface area contributed by atoms with Crippen molar-refractivity contribution < 1.29 is 5.11 Å². The molecule has 0 unspecified atom stereocenters. The summed E-state index contributed by atoms with van der Waals surface area (Å²) in [6.45, 7) is 13.2. The van der Waals surface area contributed by atoms with E-state index in [0.717, 1.165) is 35.9 Å². The van der Waals surface area contributed by atoms with Crippen LogP contribution in [-0.4, -0.2) is 44.1 Å². The van der Waals surface area contributed by atoms with E-state index < -0.39 is 0 Å². The Morgan fingerprint density at radius 2 is 1.93 bits per heavy atom. The van der Waals surface area contributed by atoms with Crippen LogP contribution in [0.1, 0.15) is 37.8 Å². The zero-order valence-corrected chi connectivity index (χ0v) is 19.0. The van der Waals surface area contributed by atoms with Crippen LogP contribution in [0.2, 0.25) is 0 Å². The summed E-state index contributed by atoms with van der Waals surface area (Å²) in [4.78, 5) is 4.58. The molecule has 0 saturated heterocycles. The van der Waals surface area contributed by atoms with Gasteiger partial charge in [0.25, 0.3) is 0 Å². The average molecular weight is 414 g/mol. The van der Waals surface area contributed by atoms with E-state index >= 15 is 0 Å². The molecular formula is C24H39N5O. The molecule has 1 aromatic carbocycles. The average Bonchev–Trinajstić information content (AvgIpc) is 2.75. The SMILES string of the molecule is C=C(NC)/C(NCC(/C=C\CC)=NCC)=C(\NCCCO)NCc1ccccc1C. The molecule has 0 bridgehead atoms. The minimum atomic E-state index is 0.142. The molecule has 6 heteroatoms. The van der Waals surface area contributed by atoms with Crippen LogP contribution in [0.4, 0.5) is 0 Å². The van der Waals surface area contributed by atoms with E-state index in [0.29, 0.717) is 26.1 Å². The van der Waals surface area contributed by atoms with Gasteiger partial charge in [-0.3, -0.25) is 4.99 Å². The van der Waals surface area contributed by atoms with Crippen LogP contribution in [0.15, 0.2) is 65.2 Å². The number of hydrogen-bond acceptors (Lipinski definition) is 6. The van der Waals surface area contributed by atoms with E-state index in [1.54, 1.807) is 0 Å². The van der Waals surface area contributed by atoms with Gasteiger partial charge in [-0.2, -0.15) is 0 Å². The summed E-state index contributed by atoms with van der Waals surface area (Å²) in [5, 5.41) is 22.7. The first-order valence-corrected chi connectivity index (χ1v) is 10.7. The molecule has 0 amide bonds. The fraction of sp³-hybridized carbons (Fsp3) is 0.458. The number of aliphatic hydroxyl groups excluding tert-OH is 1. The topological polar surface area (TPSA) is 80.7 Å². The van der Waals surface area contributed by atoms with Gasteiger partial charge in [-0.1, -0.05) is 43.8 Å². The van der Waals surface area contributed by atoms with Crippen LogP contribution in [0.5, 0.6) is 0 Å². The van der Waals surface area contributed by atoms with Crippen LogP contribution < -0.4 is 21.3 Å². The number of nitrogens with one attached hydrogen (secondary N) is 4. The third kappa shape index (κ3) is 9.18. The Morgan fingerprint density at radius 3 is 2.57 bits per heavy atom. The molecule has 1 aromatic rings. The number of rotatable bonds is 15. The lowest BCUT2D eigenvalue weighted by Gasteiger charge is -2.22. The van der Waals surface area contributed by atoms with Crippen molar-refractivity contribution in [3.8, 4) is 0 Å². The second-order valence-corrected chi connectivity index (χ2v) is 6.89. The highest BCUT2D eigenvalue weighted by atomic mass is 16.3. The van der Waals surface area contributed by atoms with E-state index in [1.165, 1.54) is 11.1 Å². The maximum atomic E-state index is 9.19. The van der Waals surface area contributed by atoms with Crippen molar-refractivity contribution in [3.63, 3.8) is 0 Å². The summed E-state index contributed by atoms with van der Waals surface area (Å²) in [5.41, 5.74) is 5.09. The number of likely N-dealkylation sites (N-methyl/N-ethyl adjacent to an activating group) is 1. The predicted molar refractivity (Wildman–Crippen MR) is 128 cm³/mol. The Hall–Kier alpha value is -2.73. The maximum Gasteiger partial charge on any atom is 0.125 e. The quantitative estimate of drug-likeness (QED) is 0.174. The minimum Gasteiger partial charge on any atom is -0.396 e. The van der Waals surface area contributed by atoms with Gasteiger partial charge in [0, 0.05) is 33.3 Å². The van der Waals surface area contributed by atoms with Crippen molar-refractivity contribution in [3.05, 3.63) is 71.3 Å². The van der Waals surface area contributed by atoms with Crippen molar-refractivity contribution >= 4 is 5.71 Å². The third-order valence-corrected chi connectivity index (χ3v) is 4.56. The summed E-state index contributed by atoms with van der Waals surface area (Å²) in [6, 6.07) is 8.32. The van der Waals surface area contributed by atoms with E-state index in [-0.39, 0.29) is 6.61 Å². The van der Waals surface area contributed by atoms with Gasteiger partial charge in [0.15, 0.2) is 0 Å². The normalized spacial score (nSPS) is 12.5. The van der Waals surface area contributed by atoms with Gasteiger partial charge < -0.3 is 26.4 Å². The van der Waals surface area contributed by atoms with Crippen molar-refractivity contribution in [2.45, 2.75) is 40.2 Å². The highest BCUT2D eigenvalue weighted by molar-refractivity contribution is 5.96. The van der Waals surface area contributed by atoms with Gasteiger partial charge in [0.2, 0.25) is 0 Å². The molecule has 5 N–H and O–H groups in total. The fourth-order valence-electron chi connectivity index (χ4n) is 2.80. The lowest BCUT2D eigenvalue weighted by Crippen LogP contribution is -2.36. The first-order chi connectivity index (χ1) is 14.6. The molecule has 0 saturated carbocycles. The highest BCUT2D eigenvalue weighted by Crippen LogP contribution is 2.09. The number of aryl methyl sites for hydroxylation is 1. The third-order valence-electron chi connectivity index (χ3n) is 4.56. The van der Waals surface area contributed by atoms with Gasteiger partial charge in [-0.25, -0.2) is 0 Å². The molecule has 0 atom stereocenters. The van der Waals surface area contributed by atoms with Gasteiger partial charge in [-0.15, -0.1) is 0 Å². The summed E-state index contributed by atoms with van der Waals surface area (Å²) < 4.78 is 0. The van der Waals surface area contributed by atoms with E-state index in [1.807, 2.05) is 26.1 Å². The second kappa shape index (κ2) is 15.2. The first-order valence-electron chi connectivity index (χ1n) is 10.7. The van der Waals surface area contributed by atoms with Gasteiger partial charge >= 0.3 is 0 Å². The van der Waals surface area contributed by atoms with Gasteiger partial charge in [-0.05, 0) is 43.9 Å². The number of aliphatic imine (C=N–C) groups is 1.